The van der Waals surface area contributed by atoms with Crippen molar-refractivity contribution in [2.75, 3.05) is 31.6 Å². The molecule has 2 rings (SSSR count). The molecule has 1 aromatic rings. The minimum absolute atomic E-state index is 0. The molecule has 1 heterocycles. The summed E-state index contributed by atoms with van der Waals surface area (Å²) in [5.41, 5.74) is 0.695. The molecule has 1 fully saturated rings. The molecule has 110 valence electrons. The topological polar surface area (TPSA) is 59.6 Å². The van der Waals surface area contributed by atoms with Gasteiger partial charge in [-0.25, -0.2) is 0 Å². The molecular formula is C14H19ClN2O3. The molecule has 0 spiro atoms. The van der Waals surface area contributed by atoms with Crippen LogP contribution in [0.15, 0.2) is 36.9 Å². The Morgan fingerprint density at radius 2 is 2.45 bits per heavy atom. The molecule has 1 unspecified atom stereocenters. The van der Waals surface area contributed by atoms with Gasteiger partial charge < -0.3 is 20.1 Å². The summed E-state index contributed by atoms with van der Waals surface area (Å²) in [6.45, 7) is 5.91. The number of morpholine rings is 1. The number of carbonyl (C=O) groups excluding carboxylic acids is 1. The third-order valence-electron chi connectivity index (χ3n) is 2.69. The number of halogens is 1. The largest absolute Gasteiger partial charge is 0.489 e. The van der Waals surface area contributed by atoms with Crippen LogP contribution in [0.25, 0.3) is 0 Å². The van der Waals surface area contributed by atoms with Crippen LogP contribution in [0.4, 0.5) is 5.69 Å². The molecule has 1 aromatic carbocycles. The van der Waals surface area contributed by atoms with Crippen molar-refractivity contribution in [2.24, 2.45) is 0 Å². The Kier molecular flexibility index (Phi) is 7.08. The van der Waals surface area contributed by atoms with Crippen LogP contribution < -0.4 is 15.4 Å². The molecular weight excluding hydrogens is 280 g/mol. The van der Waals surface area contributed by atoms with E-state index in [-0.39, 0.29) is 18.3 Å². The molecule has 2 N–H and O–H groups in total. The van der Waals surface area contributed by atoms with E-state index in [1.807, 2.05) is 18.2 Å². The second-order valence-corrected chi connectivity index (χ2v) is 4.18. The third kappa shape index (κ3) is 4.85. The van der Waals surface area contributed by atoms with Gasteiger partial charge in [0.25, 0.3) is 5.91 Å². The van der Waals surface area contributed by atoms with Crippen LogP contribution in [0.3, 0.4) is 0 Å². The summed E-state index contributed by atoms with van der Waals surface area (Å²) >= 11 is 0. The zero-order valence-electron chi connectivity index (χ0n) is 11.1. The van der Waals surface area contributed by atoms with E-state index in [0.29, 0.717) is 31.2 Å². The highest BCUT2D eigenvalue weighted by atomic mass is 35.5. The van der Waals surface area contributed by atoms with Crippen molar-refractivity contribution in [1.82, 2.24) is 5.32 Å². The lowest BCUT2D eigenvalue weighted by atomic mass is 10.2. The standard InChI is InChI=1S/C14H18N2O3.ClH/c1-2-7-18-12-5-3-4-11(9-12)16-14(17)13-10-15-6-8-19-13;/h2-5,9,13,15H,1,6-8,10H2,(H,16,17);1H. The highest BCUT2D eigenvalue weighted by Crippen LogP contribution is 2.17. The molecule has 0 aromatic heterocycles. The smallest absolute Gasteiger partial charge is 0.254 e. The summed E-state index contributed by atoms with van der Waals surface area (Å²) in [5.74, 6) is 0.549. The number of rotatable bonds is 5. The number of hydrogen-bond donors (Lipinski definition) is 2. The van der Waals surface area contributed by atoms with Crippen LogP contribution in [0.5, 0.6) is 5.75 Å². The van der Waals surface area contributed by atoms with Crippen molar-refractivity contribution in [2.45, 2.75) is 6.10 Å². The van der Waals surface area contributed by atoms with Crippen LogP contribution in [0.2, 0.25) is 0 Å². The molecule has 0 bridgehead atoms. The average Bonchev–Trinajstić information content (AvgIpc) is 2.46. The van der Waals surface area contributed by atoms with Gasteiger partial charge in [0.2, 0.25) is 0 Å². The first-order valence-electron chi connectivity index (χ1n) is 6.26. The van der Waals surface area contributed by atoms with E-state index in [0.717, 1.165) is 6.54 Å². The molecule has 20 heavy (non-hydrogen) atoms. The van der Waals surface area contributed by atoms with E-state index in [1.165, 1.54) is 0 Å². The molecule has 6 heteroatoms. The van der Waals surface area contributed by atoms with Crippen molar-refractivity contribution >= 4 is 24.0 Å². The van der Waals surface area contributed by atoms with E-state index < -0.39 is 6.10 Å². The molecule has 0 radical (unpaired) electrons. The molecule has 0 saturated carbocycles. The summed E-state index contributed by atoms with van der Waals surface area (Å²) in [7, 11) is 0. The zero-order chi connectivity index (χ0) is 13.5. The lowest BCUT2D eigenvalue weighted by Gasteiger charge is -2.22. The van der Waals surface area contributed by atoms with E-state index in [2.05, 4.69) is 17.2 Å². The molecule has 1 saturated heterocycles. The molecule has 1 aliphatic heterocycles. The number of nitrogens with one attached hydrogen (secondary N) is 2. The van der Waals surface area contributed by atoms with Gasteiger partial charge in [-0.1, -0.05) is 18.7 Å². The highest BCUT2D eigenvalue weighted by Gasteiger charge is 2.21. The van der Waals surface area contributed by atoms with Crippen LogP contribution in [-0.4, -0.2) is 38.3 Å². The fourth-order valence-electron chi connectivity index (χ4n) is 1.78. The monoisotopic (exact) mass is 298 g/mol. The molecule has 1 atom stereocenters. The van der Waals surface area contributed by atoms with Gasteiger partial charge in [-0.2, -0.15) is 0 Å². The van der Waals surface area contributed by atoms with Gasteiger partial charge >= 0.3 is 0 Å². The minimum atomic E-state index is -0.438. The maximum atomic E-state index is 12.0. The van der Waals surface area contributed by atoms with E-state index >= 15 is 0 Å². The Labute approximate surface area is 124 Å². The quantitative estimate of drug-likeness (QED) is 0.811. The fraction of sp³-hybridized carbons (Fsp3) is 0.357. The molecule has 0 aliphatic carbocycles. The Balaban J connectivity index is 0.00000200. The summed E-state index contributed by atoms with van der Waals surface area (Å²) in [6.07, 6.45) is 1.23. The Morgan fingerprint density at radius 1 is 1.60 bits per heavy atom. The summed E-state index contributed by atoms with van der Waals surface area (Å²) in [6, 6.07) is 7.25. The zero-order valence-corrected chi connectivity index (χ0v) is 11.9. The van der Waals surface area contributed by atoms with Crippen LogP contribution in [0.1, 0.15) is 0 Å². The Hall–Kier alpha value is -1.56. The Bertz CT molecular complexity index is 448. The normalized spacial score (nSPS) is 17.7. The third-order valence-corrected chi connectivity index (χ3v) is 2.69. The predicted octanol–water partition coefficient (Wildman–Crippen LogP) is 1.60. The van der Waals surface area contributed by atoms with Crippen LogP contribution in [-0.2, 0) is 9.53 Å². The first-order valence-corrected chi connectivity index (χ1v) is 6.26. The summed E-state index contributed by atoms with van der Waals surface area (Å²) in [4.78, 5) is 12.0. The van der Waals surface area contributed by atoms with Gasteiger partial charge in [0.1, 0.15) is 18.5 Å². The number of amides is 1. The number of ether oxygens (including phenoxy) is 2. The second kappa shape index (κ2) is 8.58. The van der Waals surface area contributed by atoms with Gasteiger partial charge in [0.15, 0.2) is 0 Å². The SMILES string of the molecule is C=CCOc1cccc(NC(=O)C2CNCCO2)c1.Cl. The first-order chi connectivity index (χ1) is 9.29. The maximum Gasteiger partial charge on any atom is 0.254 e. The van der Waals surface area contributed by atoms with Gasteiger partial charge in [-0.3, -0.25) is 4.79 Å². The predicted molar refractivity (Wildman–Crippen MR) is 80.6 cm³/mol. The van der Waals surface area contributed by atoms with E-state index in [9.17, 15) is 4.79 Å². The van der Waals surface area contributed by atoms with Gasteiger partial charge in [0.05, 0.1) is 6.61 Å². The number of carbonyl (C=O) groups is 1. The summed E-state index contributed by atoms with van der Waals surface area (Å²) in [5, 5.41) is 5.94. The first kappa shape index (κ1) is 16.5. The van der Waals surface area contributed by atoms with Crippen LogP contribution >= 0.6 is 12.4 Å². The minimum Gasteiger partial charge on any atom is -0.489 e. The van der Waals surface area contributed by atoms with Crippen molar-refractivity contribution in [3.05, 3.63) is 36.9 Å². The molecule has 1 amide bonds. The number of benzene rings is 1. The van der Waals surface area contributed by atoms with E-state index in [4.69, 9.17) is 9.47 Å². The van der Waals surface area contributed by atoms with Crippen molar-refractivity contribution < 1.29 is 14.3 Å². The van der Waals surface area contributed by atoms with Crippen molar-refractivity contribution in [3.63, 3.8) is 0 Å². The lowest BCUT2D eigenvalue weighted by molar-refractivity contribution is -0.128. The second-order valence-electron chi connectivity index (χ2n) is 4.18. The van der Waals surface area contributed by atoms with E-state index in [1.54, 1.807) is 12.1 Å². The maximum absolute atomic E-state index is 12.0. The van der Waals surface area contributed by atoms with Crippen molar-refractivity contribution in [3.8, 4) is 5.75 Å². The highest BCUT2D eigenvalue weighted by molar-refractivity contribution is 5.94. The molecule has 1 aliphatic rings. The van der Waals surface area contributed by atoms with Crippen molar-refractivity contribution in [1.29, 1.82) is 0 Å². The summed E-state index contributed by atoms with van der Waals surface area (Å²) < 4.78 is 10.8. The van der Waals surface area contributed by atoms with Gasteiger partial charge in [-0.15, -0.1) is 12.4 Å². The lowest BCUT2D eigenvalue weighted by Crippen LogP contribution is -2.45. The number of hydrogen-bond acceptors (Lipinski definition) is 4. The number of anilines is 1. The average molecular weight is 299 g/mol. The fourth-order valence-corrected chi connectivity index (χ4v) is 1.78. The molecule has 5 nitrogen and oxygen atoms in total. The van der Waals surface area contributed by atoms with Crippen LogP contribution in [0, 0.1) is 0 Å². The van der Waals surface area contributed by atoms with Gasteiger partial charge in [0, 0.05) is 24.8 Å². The Morgan fingerprint density at radius 3 is 3.15 bits per heavy atom. The van der Waals surface area contributed by atoms with Gasteiger partial charge in [-0.05, 0) is 12.1 Å².